The molecule has 1 heterocycles. The summed E-state index contributed by atoms with van der Waals surface area (Å²) in [4.78, 5) is 11.4. The fraction of sp³-hybridized carbons (Fsp3) is 0.615. The molecule has 1 aliphatic carbocycles. The van der Waals surface area contributed by atoms with E-state index in [1.54, 1.807) is 0 Å². The van der Waals surface area contributed by atoms with Crippen LogP contribution in [0.25, 0.3) is 0 Å². The molecule has 0 bridgehead atoms. The van der Waals surface area contributed by atoms with Crippen molar-refractivity contribution in [3.63, 3.8) is 0 Å². The molecule has 5 heteroatoms. The molecule has 100 valence electrons. The molecule has 0 aromatic rings. The van der Waals surface area contributed by atoms with E-state index < -0.39 is 11.9 Å². The molecule has 0 saturated carbocycles. The van der Waals surface area contributed by atoms with Crippen LogP contribution in [0, 0.1) is 0 Å². The number of hydrogen-bond donors (Lipinski definition) is 0. The maximum Gasteiger partial charge on any atom is 0.513 e. The SMILES string of the molecule is C=CCOC(=O)OC1=C(C)C2(CCC1)OCCO2. The molecule has 0 unspecified atom stereocenters. The van der Waals surface area contributed by atoms with Gasteiger partial charge in [0.15, 0.2) is 5.79 Å². The van der Waals surface area contributed by atoms with Gasteiger partial charge >= 0.3 is 6.16 Å². The maximum atomic E-state index is 11.4. The van der Waals surface area contributed by atoms with Crippen LogP contribution in [0.3, 0.4) is 0 Å². The summed E-state index contributed by atoms with van der Waals surface area (Å²) in [5.41, 5.74) is 0.835. The van der Waals surface area contributed by atoms with E-state index in [4.69, 9.17) is 18.9 Å². The third-order valence-corrected chi connectivity index (χ3v) is 3.18. The number of carbonyl (C=O) groups is 1. The Balaban J connectivity index is 2.06. The summed E-state index contributed by atoms with van der Waals surface area (Å²) in [6.45, 7) is 6.64. The Morgan fingerprint density at radius 2 is 2.22 bits per heavy atom. The van der Waals surface area contributed by atoms with Gasteiger partial charge in [0, 0.05) is 18.4 Å². The van der Waals surface area contributed by atoms with Crippen molar-refractivity contribution in [1.82, 2.24) is 0 Å². The second-order valence-corrected chi connectivity index (χ2v) is 4.30. The smallest absolute Gasteiger partial charge is 0.430 e. The highest BCUT2D eigenvalue weighted by Crippen LogP contribution is 2.40. The molecule has 0 atom stereocenters. The normalized spacial score (nSPS) is 22.1. The first-order valence-corrected chi connectivity index (χ1v) is 6.11. The Bertz CT molecular complexity index is 366. The number of rotatable bonds is 3. The van der Waals surface area contributed by atoms with E-state index in [0.29, 0.717) is 25.4 Å². The molecule has 2 rings (SSSR count). The van der Waals surface area contributed by atoms with Crippen LogP contribution in [0.2, 0.25) is 0 Å². The first-order chi connectivity index (χ1) is 8.68. The number of carbonyl (C=O) groups excluding carboxylic acids is 1. The van der Waals surface area contributed by atoms with Crippen molar-refractivity contribution in [1.29, 1.82) is 0 Å². The van der Waals surface area contributed by atoms with Crippen LogP contribution >= 0.6 is 0 Å². The number of allylic oxidation sites excluding steroid dienone is 1. The van der Waals surface area contributed by atoms with E-state index in [0.717, 1.165) is 18.4 Å². The number of ether oxygens (including phenoxy) is 4. The van der Waals surface area contributed by atoms with Crippen molar-refractivity contribution in [2.75, 3.05) is 19.8 Å². The monoisotopic (exact) mass is 254 g/mol. The van der Waals surface area contributed by atoms with E-state index in [9.17, 15) is 4.79 Å². The predicted molar refractivity (Wildman–Crippen MR) is 63.8 cm³/mol. The summed E-state index contributed by atoms with van der Waals surface area (Å²) in [5, 5.41) is 0. The molecule has 0 amide bonds. The average molecular weight is 254 g/mol. The van der Waals surface area contributed by atoms with Gasteiger partial charge in [-0.05, 0) is 13.3 Å². The van der Waals surface area contributed by atoms with Crippen molar-refractivity contribution in [3.8, 4) is 0 Å². The topological polar surface area (TPSA) is 54.0 Å². The van der Waals surface area contributed by atoms with Crippen LogP contribution in [0.1, 0.15) is 26.2 Å². The third kappa shape index (κ3) is 2.57. The molecule has 1 aliphatic heterocycles. The quantitative estimate of drug-likeness (QED) is 0.572. The molecule has 0 aromatic carbocycles. The summed E-state index contributed by atoms with van der Waals surface area (Å²) in [5.74, 6) is -0.0936. The lowest BCUT2D eigenvalue weighted by atomic mass is 9.92. The van der Waals surface area contributed by atoms with Crippen molar-refractivity contribution in [2.24, 2.45) is 0 Å². The van der Waals surface area contributed by atoms with Gasteiger partial charge in [0.1, 0.15) is 12.4 Å². The molecule has 2 aliphatic rings. The Morgan fingerprint density at radius 3 is 2.89 bits per heavy atom. The van der Waals surface area contributed by atoms with Gasteiger partial charge in [0.05, 0.1) is 13.2 Å². The lowest BCUT2D eigenvalue weighted by molar-refractivity contribution is -0.138. The third-order valence-electron chi connectivity index (χ3n) is 3.18. The van der Waals surface area contributed by atoms with E-state index >= 15 is 0 Å². The van der Waals surface area contributed by atoms with Crippen molar-refractivity contribution in [3.05, 3.63) is 24.0 Å². The van der Waals surface area contributed by atoms with Gasteiger partial charge in [0.2, 0.25) is 0 Å². The zero-order chi connectivity index (χ0) is 13.0. The summed E-state index contributed by atoms with van der Waals surface area (Å²) in [6.07, 6.45) is 3.14. The molecule has 0 radical (unpaired) electrons. The van der Waals surface area contributed by atoms with E-state index in [-0.39, 0.29) is 6.61 Å². The highest BCUT2D eigenvalue weighted by Gasteiger charge is 2.42. The van der Waals surface area contributed by atoms with Crippen LogP contribution in [0.15, 0.2) is 24.0 Å². The van der Waals surface area contributed by atoms with Gasteiger partial charge < -0.3 is 18.9 Å². The molecular formula is C13H18O5. The Labute approximate surface area is 106 Å². The number of hydrogen-bond acceptors (Lipinski definition) is 5. The fourth-order valence-electron chi connectivity index (χ4n) is 2.27. The minimum Gasteiger partial charge on any atom is -0.430 e. The molecule has 18 heavy (non-hydrogen) atoms. The lowest BCUT2D eigenvalue weighted by Crippen LogP contribution is -2.35. The predicted octanol–water partition coefficient (Wildman–Crippen LogP) is 2.53. The van der Waals surface area contributed by atoms with Gasteiger partial charge in [-0.25, -0.2) is 4.79 Å². The van der Waals surface area contributed by atoms with Crippen LogP contribution in [-0.2, 0) is 18.9 Å². The van der Waals surface area contributed by atoms with Gasteiger partial charge in [-0.15, -0.1) is 0 Å². The summed E-state index contributed by atoms with van der Waals surface area (Å²) in [6, 6.07) is 0. The van der Waals surface area contributed by atoms with Crippen molar-refractivity contribution in [2.45, 2.75) is 32.0 Å². The summed E-state index contributed by atoms with van der Waals surface area (Å²) < 4.78 is 21.3. The molecule has 0 N–H and O–H groups in total. The minimum absolute atomic E-state index is 0.142. The first kappa shape index (κ1) is 13.1. The van der Waals surface area contributed by atoms with Crippen LogP contribution < -0.4 is 0 Å². The zero-order valence-corrected chi connectivity index (χ0v) is 10.6. The van der Waals surface area contributed by atoms with E-state index in [1.165, 1.54) is 6.08 Å². The highest BCUT2D eigenvalue weighted by atomic mass is 16.7. The lowest BCUT2D eigenvalue weighted by Gasteiger charge is -2.33. The highest BCUT2D eigenvalue weighted by molar-refractivity contribution is 5.61. The van der Waals surface area contributed by atoms with E-state index in [2.05, 4.69) is 6.58 Å². The summed E-state index contributed by atoms with van der Waals surface area (Å²) in [7, 11) is 0. The van der Waals surface area contributed by atoms with Gasteiger partial charge in [-0.3, -0.25) is 0 Å². The van der Waals surface area contributed by atoms with Crippen molar-refractivity contribution < 1.29 is 23.7 Å². The minimum atomic E-state index is -0.709. The van der Waals surface area contributed by atoms with Gasteiger partial charge in [0.25, 0.3) is 0 Å². The molecule has 1 fully saturated rings. The van der Waals surface area contributed by atoms with Crippen LogP contribution in [-0.4, -0.2) is 31.8 Å². The Hall–Kier alpha value is -1.33. The van der Waals surface area contributed by atoms with Crippen LogP contribution in [0.5, 0.6) is 0 Å². The molecule has 1 saturated heterocycles. The summed E-state index contributed by atoms with van der Waals surface area (Å²) >= 11 is 0. The first-order valence-electron chi connectivity index (χ1n) is 6.11. The molecule has 1 spiro atoms. The molecule has 5 nitrogen and oxygen atoms in total. The Morgan fingerprint density at radius 1 is 1.50 bits per heavy atom. The Kier molecular flexibility index (Phi) is 4.04. The van der Waals surface area contributed by atoms with Crippen LogP contribution in [0.4, 0.5) is 4.79 Å². The zero-order valence-electron chi connectivity index (χ0n) is 10.6. The largest absolute Gasteiger partial charge is 0.513 e. The second kappa shape index (κ2) is 5.54. The van der Waals surface area contributed by atoms with Gasteiger partial charge in [-0.1, -0.05) is 12.7 Å². The van der Waals surface area contributed by atoms with Crippen molar-refractivity contribution >= 4 is 6.16 Å². The standard InChI is InChI=1S/C13H18O5/c1-3-7-15-12(14)18-11-5-4-6-13(10(11)2)16-8-9-17-13/h3H,1,4-9H2,2H3. The maximum absolute atomic E-state index is 11.4. The molecule has 0 aromatic heterocycles. The fourth-order valence-corrected chi connectivity index (χ4v) is 2.27. The molecular weight excluding hydrogens is 236 g/mol. The van der Waals surface area contributed by atoms with Gasteiger partial charge in [-0.2, -0.15) is 0 Å². The average Bonchev–Trinajstić information content (AvgIpc) is 2.82. The van der Waals surface area contributed by atoms with E-state index in [1.807, 2.05) is 6.92 Å². The second-order valence-electron chi connectivity index (χ2n) is 4.30.